The van der Waals surface area contributed by atoms with Gasteiger partial charge in [0.1, 0.15) is 0 Å². The summed E-state index contributed by atoms with van der Waals surface area (Å²) in [5, 5.41) is 3.53. The lowest BCUT2D eigenvalue weighted by Crippen LogP contribution is -2.44. The molecule has 32 heavy (non-hydrogen) atoms. The normalized spacial score (nSPS) is 19.9. The highest BCUT2D eigenvalue weighted by atomic mass is 32.2. The Hall–Kier alpha value is -2.79. The summed E-state index contributed by atoms with van der Waals surface area (Å²) in [6.45, 7) is 14.1. The molecule has 1 saturated heterocycles. The lowest BCUT2D eigenvalue weighted by molar-refractivity contribution is -0.115. The molecule has 4 nitrogen and oxygen atoms in total. The Morgan fingerprint density at radius 3 is 2.50 bits per heavy atom. The molecule has 166 valence electrons. The van der Waals surface area contributed by atoms with Crippen LogP contribution in [0.1, 0.15) is 56.9 Å². The summed E-state index contributed by atoms with van der Waals surface area (Å²) < 4.78 is 0. The number of carbonyl (C=O) groups is 1. The Bertz CT molecular complexity index is 1160. The fraction of sp³-hybridized carbons (Fsp3) is 0.333. The van der Waals surface area contributed by atoms with E-state index in [1.807, 2.05) is 18.2 Å². The third kappa shape index (κ3) is 4.26. The molecule has 0 radical (unpaired) electrons. The molecule has 1 amide bonds. The summed E-state index contributed by atoms with van der Waals surface area (Å²) in [4.78, 5) is 20.3. The van der Waals surface area contributed by atoms with Gasteiger partial charge in [0, 0.05) is 17.8 Å². The lowest BCUT2D eigenvalue weighted by Gasteiger charge is -2.43. The van der Waals surface area contributed by atoms with Crippen LogP contribution in [0.3, 0.4) is 0 Å². The molecule has 4 rings (SSSR count). The number of allylic oxidation sites excluding steroid dienone is 1. The minimum Gasteiger partial charge on any atom is -0.363 e. The van der Waals surface area contributed by atoms with Gasteiger partial charge in [0.05, 0.1) is 16.1 Å². The van der Waals surface area contributed by atoms with Crippen molar-refractivity contribution in [2.75, 3.05) is 11.4 Å². The van der Waals surface area contributed by atoms with Crippen LogP contribution in [0.15, 0.2) is 52.4 Å². The summed E-state index contributed by atoms with van der Waals surface area (Å²) in [7, 11) is 0. The van der Waals surface area contributed by atoms with Gasteiger partial charge in [-0.3, -0.25) is 4.79 Å². The van der Waals surface area contributed by atoms with Gasteiger partial charge in [-0.1, -0.05) is 25.1 Å². The molecule has 0 unspecified atom stereocenters. The number of amidine groups is 1. The number of likely N-dealkylation sites (N-methyl/N-ethyl adjacent to an activating group) is 1. The van der Waals surface area contributed by atoms with Gasteiger partial charge in [-0.2, -0.15) is 0 Å². The van der Waals surface area contributed by atoms with Crippen molar-refractivity contribution in [3.05, 3.63) is 69.6 Å². The van der Waals surface area contributed by atoms with Crippen molar-refractivity contribution in [2.45, 2.75) is 53.5 Å². The van der Waals surface area contributed by atoms with Crippen LogP contribution in [0.2, 0.25) is 0 Å². The molecule has 0 aromatic heterocycles. The molecule has 0 bridgehead atoms. The van der Waals surface area contributed by atoms with Crippen LogP contribution in [0.4, 0.5) is 11.4 Å². The number of rotatable bonds is 4. The largest absolute Gasteiger partial charge is 0.363 e. The predicted octanol–water partition coefficient (Wildman–Crippen LogP) is 6.47. The van der Waals surface area contributed by atoms with E-state index in [9.17, 15) is 4.79 Å². The summed E-state index contributed by atoms with van der Waals surface area (Å²) in [5.41, 5.74) is 8.10. The molecule has 0 atom stereocenters. The molecule has 5 heteroatoms. The summed E-state index contributed by atoms with van der Waals surface area (Å²) in [5.74, 6) is -0.0976. The molecule has 1 fully saturated rings. The molecule has 0 aliphatic carbocycles. The van der Waals surface area contributed by atoms with Crippen LogP contribution >= 0.6 is 11.8 Å². The van der Waals surface area contributed by atoms with Gasteiger partial charge in [0.2, 0.25) is 0 Å². The first kappa shape index (κ1) is 22.4. The van der Waals surface area contributed by atoms with Crippen LogP contribution in [-0.2, 0) is 11.2 Å². The van der Waals surface area contributed by atoms with E-state index in [4.69, 9.17) is 0 Å². The van der Waals surface area contributed by atoms with E-state index in [-0.39, 0.29) is 11.4 Å². The fourth-order valence-electron chi connectivity index (χ4n) is 4.52. The number of hydrogen-bond donors (Lipinski definition) is 1. The quantitative estimate of drug-likeness (QED) is 0.549. The SMILES string of the molecule is CCc1ccc(N=C2NC(=O)/C(=C/c3cc4c(cc3C)N(CC)C(C)(C)C=C4C)S2)cc1. The molecule has 1 N–H and O–H groups in total. The number of thioether (sulfide) groups is 1. The molecule has 2 heterocycles. The van der Waals surface area contributed by atoms with Crippen molar-refractivity contribution in [2.24, 2.45) is 4.99 Å². The Labute approximate surface area is 195 Å². The molecule has 0 saturated carbocycles. The smallest absolute Gasteiger partial charge is 0.264 e. The zero-order valence-corrected chi connectivity index (χ0v) is 20.6. The van der Waals surface area contributed by atoms with Gasteiger partial charge < -0.3 is 10.2 Å². The van der Waals surface area contributed by atoms with Gasteiger partial charge >= 0.3 is 0 Å². The fourth-order valence-corrected chi connectivity index (χ4v) is 5.36. The van der Waals surface area contributed by atoms with Gasteiger partial charge in [-0.15, -0.1) is 0 Å². The minimum atomic E-state index is -0.0976. The molecule has 2 aromatic rings. The highest BCUT2D eigenvalue weighted by Crippen LogP contribution is 2.41. The number of fused-ring (bicyclic) bond motifs is 1. The number of aryl methyl sites for hydroxylation is 2. The van der Waals surface area contributed by atoms with E-state index >= 15 is 0 Å². The average molecular weight is 446 g/mol. The van der Waals surface area contributed by atoms with Crippen molar-refractivity contribution >= 4 is 45.9 Å². The number of carbonyl (C=O) groups excluding carboxylic acids is 1. The van der Waals surface area contributed by atoms with E-state index in [2.05, 4.69) is 87.1 Å². The number of amides is 1. The van der Waals surface area contributed by atoms with Crippen LogP contribution in [-0.4, -0.2) is 23.2 Å². The van der Waals surface area contributed by atoms with Gasteiger partial charge in [0.15, 0.2) is 5.17 Å². The third-order valence-corrected chi connectivity index (χ3v) is 7.10. The van der Waals surface area contributed by atoms with Crippen molar-refractivity contribution in [1.29, 1.82) is 0 Å². The van der Waals surface area contributed by atoms with Crippen molar-refractivity contribution in [1.82, 2.24) is 5.32 Å². The van der Waals surface area contributed by atoms with Crippen LogP contribution in [0.25, 0.3) is 11.6 Å². The maximum atomic E-state index is 12.6. The van der Waals surface area contributed by atoms with Crippen molar-refractivity contribution < 1.29 is 4.79 Å². The first-order valence-electron chi connectivity index (χ1n) is 11.2. The van der Waals surface area contributed by atoms with E-state index in [1.165, 1.54) is 34.1 Å². The van der Waals surface area contributed by atoms with Crippen molar-refractivity contribution in [3.63, 3.8) is 0 Å². The van der Waals surface area contributed by atoms with Gasteiger partial charge in [0.25, 0.3) is 5.91 Å². The summed E-state index contributed by atoms with van der Waals surface area (Å²) in [6.07, 6.45) is 5.32. The van der Waals surface area contributed by atoms with E-state index in [0.717, 1.165) is 29.8 Å². The summed E-state index contributed by atoms with van der Waals surface area (Å²) >= 11 is 1.40. The highest BCUT2D eigenvalue weighted by Gasteiger charge is 2.31. The second-order valence-electron chi connectivity index (χ2n) is 8.95. The van der Waals surface area contributed by atoms with Crippen molar-refractivity contribution in [3.8, 4) is 0 Å². The monoisotopic (exact) mass is 445 g/mol. The Kier molecular flexibility index (Phi) is 6.04. The standard InChI is InChI=1S/C27H31N3OS/c1-7-19-9-11-21(12-10-19)28-26-29-25(31)24(32-26)15-20-14-22-18(4)16-27(5,6)30(8-2)23(22)13-17(20)3/h9-16H,7-8H2,1-6H3,(H,28,29,31)/b24-15-. The van der Waals surface area contributed by atoms with Crippen LogP contribution in [0.5, 0.6) is 0 Å². The second kappa shape index (κ2) is 8.62. The van der Waals surface area contributed by atoms with Gasteiger partial charge in [-0.05, 0) is 105 Å². The molecular weight excluding hydrogens is 414 g/mol. The first-order chi connectivity index (χ1) is 15.2. The maximum Gasteiger partial charge on any atom is 0.264 e. The number of hydrogen-bond acceptors (Lipinski definition) is 4. The molecule has 0 spiro atoms. The van der Waals surface area contributed by atoms with Crippen LogP contribution in [0, 0.1) is 6.92 Å². The number of anilines is 1. The number of benzene rings is 2. The number of nitrogens with one attached hydrogen (secondary N) is 1. The average Bonchev–Trinajstić information content (AvgIpc) is 3.08. The maximum absolute atomic E-state index is 12.6. The number of nitrogens with zero attached hydrogens (tertiary/aromatic N) is 2. The highest BCUT2D eigenvalue weighted by molar-refractivity contribution is 8.18. The Morgan fingerprint density at radius 2 is 1.84 bits per heavy atom. The molecular formula is C27H31N3OS. The predicted molar refractivity (Wildman–Crippen MR) is 139 cm³/mol. The van der Waals surface area contributed by atoms with Crippen LogP contribution < -0.4 is 10.2 Å². The zero-order chi connectivity index (χ0) is 23.0. The first-order valence-corrected chi connectivity index (χ1v) is 12.0. The molecule has 2 aromatic carbocycles. The minimum absolute atomic E-state index is 0.0137. The topological polar surface area (TPSA) is 44.7 Å². The van der Waals surface area contributed by atoms with Gasteiger partial charge in [-0.25, -0.2) is 4.99 Å². The summed E-state index contributed by atoms with van der Waals surface area (Å²) in [6, 6.07) is 12.6. The van der Waals surface area contributed by atoms with E-state index in [1.54, 1.807) is 0 Å². The lowest BCUT2D eigenvalue weighted by atomic mass is 9.87. The molecule has 2 aliphatic rings. The number of aliphatic imine (C=N–C) groups is 1. The zero-order valence-electron chi connectivity index (χ0n) is 19.7. The van der Waals surface area contributed by atoms with E-state index < -0.39 is 0 Å². The third-order valence-electron chi connectivity index (χ3n) is 6.19. The Balaban J connectivity index is 1.65. The van der Waals surface area contributed by atoms with E-state index in [0.29, 0.717) is 10.1 Å². The Morgan fingerprint density at radius 1 is 1.12 bits per heavy atom. The second-order valence-corrected chi connectivity index (χ2v) is 9.98. The molecule has 2 aliphatic heterocycles.